The number of benzene rings is 1. The molecule has 1 aliphatic heterocycles. The van der Waals surface area contributed by atoms with Crippen molar-refractivity contribution in [3.05, 3.63) is 41.3 Å². The van der Waals surface area contributed by atoms with Crippen molar-refractivity contribution in [3.63, 3.8) is 0 Å². The molecule has 0 spiro atoms. The van der Waals surface area contributed by atoms with Crippen molar-refractivity contribution >= 4 is 28.5 Å². The van der Waals surface area contributed by atoms with Crippen molar-refractivity contribution in [1.82, 2.24) is 19.5 Å². The smallest absolute Gasteiger partial charge is 0.296 e. The molecule has 2 atom stereocenters. The Morgan fingerprint density at radius 1 is 1.19 bits per heavy atom. The zero-order valence-corrected chi connectivity index (χ0v) is 15.6. The van der Waals surface area contributed by atoms with Gasteiger partial charge in [-0.25, -0.2) is 18.7 Å². The first kappa shape index (κ1) is 18.1. The van der Waals surface area contributed by atoms with E-state index in [1.54, 1.807) is 30.3 Å². The Balaban J connectivity index is 1.87. The quantitative estimate of drug-likeness (QED) is 0.629. The van der Waals surface area contributed by atoms with Gasteiger partial charge in [0.15, 0.2) is 5.82 Å². The molecule has 6 nitrogen and oxygen atoms in total. The fraction of sp³-hybridized carbons (Fsp3) is 0.389. The van der Waals surface area contributed by atoms with E-state index >= 15 is 0 Å². The summed E-state index contributed by atoms with van der Waals surface area (Å²) in [6.45, 7) is 5.19. The lowest BCUT2D eigenvalue weighted by molar-refractivity contribution is 0.0281. The first-order valence-corrected chi connectivity index (χ1v) is 9.02. The van der Waals surface area contributed by atoms with E-state index in [-0.39, 0.29) is 23.2 Å². The average molecular weight is 394 g/mol. The van der Waals surface area contributed by atoms with Crippen LogP contribution in [0.4, 0.5) is 14.6 Å². The van der Waals surface area contributed by atoms with Crippen LogP contribution in [0.5, 0.6) is 0 Å². The van der Waals surface area contributed by atoms with Crippen LogP contribution in [0.1, 0.15) is 26.1 Å². The third-order valence-corrected chi connectivity index (χ3v) is 5.02. The standard InChI is InChI=1S/C18H18ClF2N5O/c1-10-11(2)27-8-7-25(10)15-9-14(19)23-18(24-15)26-13-6-4-3-5-12(13)22-17(26)16(20)21/h3-6,9-11,16H,7-8H2,1-2H3/t10-,11+/m1/s1. The minimum Gasteiger partial charge on any atom is -0.375 e. The number of aromatic nitrogens is 4. The van der Waals surface area contributed by atoms with Crippen LogP contribution in [0, 0.1) is 0 Å². The number of fused-ring (bicyclic) bond motifs is 1. The molecule has 0 saturated carbocycles. The topological polar surface area (TPSA) is 56.1 Å². The number of morpholine rings is 1. The van der Waals surface area contributed by atoms with Gasteiger partial charge in [-0.05, 0) is 26.0 Å². The molecule has 0 unspecified atom stereocenters. The van der Waals surface area contributed by atoms with Crippen LogP contribution in [0.2, 0.25) is 5.15 Å². The molecule has 0 bridgehead atoms. The van der Waals surface area contributed by atoms with Crippen LogP contribution < -0.4 is 4.90 Å². The van der Waals surface area contributed by atoms with E-state index in [0.717, 1.165) is 0 Å². The summed E-state index contributed by atoms with van der Waals surface area (Å²) in [4.78, 5) is 14.8. The lowest BCUT2D eigenvalue weighted by atomic mass is 10.1. The molecule has 9 heteroatoms. The second-order valence-corrected chi connectivity index (χ2v) is 6.84. The van der Waals surface area contributed by atoms with Gasteiger partial charge >= 0.3 is 0 Å². The van der Waals surface area contributed by atoms with Gasteiger partial charge in [0.25, 0.3) is 6.43 Å². The van der Waals surface area contributed by atoms with Gasteiger partial charge < -0.3 is 9.64 Å². The Hall–Kier alpha value is -2.32. The van der Waals surface area contributed by atoms with Gasteiger partial charge in [0, 0.05) is 12.6 Å². The first-order chi connectivity index (χ1) is 13.0. The molecule has 27 heavy (non-hydrogen) atoms. The van der Waals surface area contributed by atoms with E-state index in [4.69, 9.17) is 16.3 Å². The molecule has 1 aliphatic rings. The lowest BCUT2D eigenvalue weighted by Gasteiger charge is -2.38. The maximum atomic E-state index is 13.6. The number of nitrogens with zero attached hydrogens (tertiary/aromatic N) is 5. The van der Waals surface area contributed by atoms with Crippen LogP contribution in [-0.2, 0) is 4.74 Å². The van der Waals surface area contributed by atoms with Gasteiger partial charge in [0.05, 0.1) is 29.8 Å². The highest BCUT2D eigenvalue weighted by atomic mass is 35.5. The first-order valence-electron chi connectivity index (χ1n) is 8.64. The highest BCUT2D eigenvalue weighted by molar-refractivity contribution is 6.29. The Morgan fingerprint density at radius 3 is 2.74 bits per heavy atom. The largest absolute Gasteiger partial charge is 0.375 e. The number of para-hydroxylation sites is 2. The van der Waals surface area contributed by atoms with E-state index < -0.39 is 12.2 Å². The maximum absolute atomic E-state index is 13.6. The number of halogens is 3. The van der Waals surface area contributed by atoms with Gasteiger partial charge in [0.1, 0.15) is 11.0 Å². The minimum atomic E-state index is -2.77. The van der Waals surface area contributed by atoms with Crippen LogP contribution in [-0.4, -0.2) is 44.8 Å². The van der Waals surface area contributed by atoms with E-state index in [1.165, 1.54) is 4.57 Å². The van der Waals surface area contributed by atoms with Crippen molar-refractivity contribution in [1.29, 1.82) is 0 Å². The number of rotatable bonds is 3. The number of alkyl halides is 2. The van der Waals surface area contributed by atoms with E-state index in [9.17, 15) is 8.78 Å². The molecule has 1 saturated heterocycles. The summed E-state index contributed by atoms with van der Waals surface area (Å²) >= 11 is 6.22. The fourth-order valence-corrected chi connectivity index (χ4v) is 3.47. The molecule has 1 fully saturated rings. The summed E-state index contributed by atoms with van der Waals surface area (Å²) in [7, 11) is 0. The molecule has 0 amide bonds. The highest BCUT2D eigenvalue weighted by Crippen LogP contribution is 2.29. The third-order valence-electron chi connectivity index (χ3n) is 4.83. The molecule has 142 valence electrons. The van der Waals surface area contributed by atoms with E-state index in [2.05, 4.69) is 15.0 Å². The molecular weight excluding hydrogens is 376 g/mol. The molecule has 2 aromatic heterocycles. The van der Waals surface area contributed by atoms with Gasteiger partial charge in [-0.2, -0.15) is 4.98 Å². The number of hydrogen-bond acceptors (Lipinski definition) is 5. The lowest BCUT2D eigenvalue weighted by Crippen LogP contribution is -2.49. The monoisotopic (exact) mass is 393 g/mol. The van der Waals surface area contributed by atoms with Crippen LogP contribution in [0.3, 0.4) is 0 Å². The zero-order valence-electron chi connectivity index (χ0n) is 14.8. The summed E-state index contributed by atoms with van der Waals surface area (Å²) in [6.07, 6.45) is -2.76. The van der Waals surface area contributed by atoms with Gasteiger partial charge in [-0.1, -0.05) is 23.7 Å². The Labute approximate surface area is 159 Å². The number of anilines is 1. The molecule has 3 heterocycles. The number of hydrogen-bond donors (Lipinski definition) is 0. The Bertz CT molecular complexity index is 980. The fourth-order valence-electron chi connectivity index (χ4n) is 3.30. The summed E-state index contributed by atoms with van der Waals surface area (Å²) in [5, 5.41) is 0.180. The van der Waals surface area contributed by atoms with Crippen molar-refractivity contribution < 1.29 is 13.5 Å². The van der Waals surface area contributed by atoms with Gasteiger partial charge in [-0.3, -0.25) is 4.57 Å². The molecule has 0 aliphatic carbocycles. The second-order valence-electron chi connectivity index (χ2n) is 6.45. The molecule has 3 aromatic rings. The summed E-state index contributed by atoms with van der Waals surface area (Å²) in [5.74, 6) is 0.242. The summed E-state index contributed by atoms with van der Waals surface area (Å²) in [5.41, 5.74) is 0.954. The van der Waals surface area contributed by atoms with Crippen LogP contribution in [0.25, 0.3) is 17.0 Å². The van der Waals surface area contributed by atoms with Crippen molar-refractivity contribution in [2.24, 2.45) is 0 Å². The SMILES string of the molecule is C[C@@H]1OCCN(c2cc(Cl)nc(-n3c(C(F)F)nc4ccccc43)n2)[C@@H]1C. The molecular formula is C18H18ClF2N5O. The summed E-state index contributed by atoms with van der Waals surface area (Å²) in [6, 6.07) is 8.59. The van der Waals surface area contributed by atoms with Crippen molar-refractivity contribution in [3.8, 4) is 5.95 Å². The molecule has 0 radical (unpaired) electrons. The average Bonchev–Trinajstić information content (AvgIpc) is 3.03. The van der Waals surface area contributed by atoms with Crippen molar-refractivity contribution in [2.75, 3.05) is 18.1 Å². The molecule has 0 N–H and O–H groups in total. The number of imidazole rings is 1. The Morgan fingerprint density at radius 2 is 1.96 bits per heavy atom. The van der Waals surface area contributed by atoms with Crippen LogP contribution in [0.15, 0.2) is 30.3 Å². The van der Waals surface area contributed by atoms with Gasteiger partial charge in [-0.15, -0.1) is 0 Å². The van der Waals surface area contributed by atoms with E-state index in [0.29, 0.717) is 30.0 Å². The predicted octanol–water partition coefficient (Wildman–Crippen LogP) is 4.02. The summed E-state index contributed by atoms with van der Waals surface area (Å²) < 4.78 is 34.2. The third kappa shape index (κ3) is 3.23. The Kier molecular flexibility index (Phi) is 4.69. The minimum absolute atomic E-state index is 0.0154. The number of ether oxygens (including phenoxy) is 1. The van der Waals surface area contributed by atoms with Crippen LogP contribution >= 0.6 is 11.6 Å². The predicted molar refractivity (Wildman–Crippen MR) is 98.8 cm³/mol. The maximum Gasteiger partial charge on any atom is 0.296 e. The van der Waals surface area contributed by atoms with Crippen molar-refractivity contribution in [2.45, 2.75) is 32.4 Å². The normalized spacial score (nSPS) is 20.6. The molecule has 4 rings (SSSR count). The second kappa shape index (κ2) is 7.01. The van der Waals surface area contributed by atoms with E-state index in [1.807, 2.05) is 18.7 Å². The van der Waals surface area contributed by atoms with Gasteiger partial charge in [0.2, 0.25) is 5.95 Å². The highest BCUT2D eigenvalue weighted by Gasteiger charge is 2.28. The zero-order chi connectivity index (χ0) is 19.1. The molecule has 1 aromatic carbocycles.